The molecule has 0 saturated heterocycles. The Morgan fingerprint density at radius 3 is 2.64 bits per heavy atom. The maximum Gasteiger partial charge on any atom is 0.157 e. The van der Waals surface area contributed by atoms with Crippen LogP contribution in [0.3, 0.4) is 0 Å². The van der Waals surface area contributed by atoms with Crippen LogP contribution in [0.1, 0.15) is 0 Å². The van der Waals surface area contributed by atoms with Crippen LogP contribution in [0.25, 0.3) is 11.4 Å². The van der Waals surface area contributed by atoms with Crippen LogP contribution in [0, 0.1) is 0 Å². The number of halogens is 2. The number of aryl methyl sites for hydroxylation is 1. The maximum atomic E-state index is 5.63. The third-order valence-corrected chi connectivity index (χ3v) is 2.38. The molecule has 0 aromatic carbocycles. The van der Waals surface area contributed by atoms with Gasteiger partial charge in [0.05, 0.1) is 12.4 Å². The molecular weight excluding hydrogens is 269 g/mol. The largest absolute Gasteiger partial charge is 0.250 e. The second-order valence-corrected chi connectivity index (χ2v) is 3.72. The lowest BCUT2D eigenvalue weighted by Crippen LogP contribution is -1.96. The van der Waals surface area contributed by atoms with Gasteiger partial charge in [-0.25, -0.2) is 14.6 Å². The van der Waals surface area contributed by atoms with Gasteiger partial charge < -0.3 is 0 Å². The Morgan fingerprint density at radius 2 is 2.14 bits per heavy atom. The Hall–Kier alpha value is -1.01. The zero-order chi connectivity index (χ0) is 10.1. The van der Waals surface area contributed by atoms with Gasteiger partial charge in [-0.1, -0.05) is 16.8 Å². The van der Waals surface area contributed by atoms with Crippen molar-refractivity contribution in [1.29, 1.82) is 0 Å². The van der Waals surface area contributed by atoms with Gasteiger partial charge in [0.15, 0.2) is 4.60 Å². The highest BCUT2D eigenvalue weighted by Gasteiger charge is 2.11. The average Bonchev–Trinajstić information content (AvgIpc) is 2.49. The molecule has 72 valence electrons. The topological polar surface area (TPSA) is 56.5 Å². The van der Waals surface area contributed by atoms with Crippen molar-refractivity contribution in [2.45, 2.75) is 0 Å². The van der Waals surface area contributed by atoms with E-state index in [4.69, 9.17) is 11.6 Å². The molecule has 0 radical (unpaired) electrons. The van der Waals surface area contributed by atoms with Crippen LogP contribution in [-0.2, 0) is 7.05 Å². The van der Waals surface area contributed by atoms with Crippen LogP contribution in [0.5, 0.6) is 0 Å². The van der Waals surface area contributed by atoms with E-state index in [0.717, 1.165) is 5.69 Å². The van der Waals surface area contributed by atoms with Crippen LogP contribution in [0.2, 0.25) is 5.15 Å². The summed E-state index contributed by atoms with van der Waals surface area (Å²) in [7, 11) is 1.78. The number of hydrogen-bond donors (Lipinski definition) is 0. The van der Waals surface area contributed by atoms with E-state index in [1.54, 1.807) is 17.9 Å². The van der Waals surface area contributed by atoms with E-state index in [1.165, 1.54) is 6.20 Å². The van der Waals surface area contributed by atoms with Crippen molar-refractivity contribution < 1.29 is 0 Å². The highest BCUT2D eigenvalue weighted by molar-refractivity contribution is 9.10. The number of aromatic nitrogens is 5. The van der Waals surface area contributed by atoms with E-state index >= 15 is 0 Å². The first-order valence-corrected chi connectivity index (χ1v) is 4.88. The molecule has 0 saturated carbocycles. The van der Waals surface area contributed by atoms with E-state index < -0.39 is 0 Å². The summed E-state index contributed by atoms with van der Waals surface area (Å²) in [5.74, 6) is 0. The van der Waals surface area contributed by atoms with Crippen molar-refractivity contribution in [3.8, 4) is 11.4 Å². The van der Waals surface area contributed by atoms with Gasteiger partial charge in [0.2, 0.25) is 0 Å². The molecule has 14 heavy (non-hydrogen) atoms. The molecule has 2 heterocycles. The first-order valence-electron chi connectivity index (χ1n) is 3.71. The van der Waals surface area contributed by atoms with Crippen molar-refractivity contribution in [1.82, 2.24) is 25.0 Å². The lowest BCUT2D eigenvalue weighted by Gasteiger charge is -1.99. The normalized spacial score (nSPS) is 10.5. The summed E-state index contributed by atoms with van der Waals surface area (Å²) in [6.45, 7) is 0. The zero-order valence-corrected chi connectivity index (χ0v) is 9.49. The molecule has 0 unspecified atom stereocenters. The highest BCUT2D eigenvalue weighted by atomic mass is 79.9. The third kappa shape index (κ3) is 1.62. The number of rotatable bonds is 1. The minimum atomic E-state index is 0.361. The Morgan fingerprint density at radius 1 is 1.36 bits per heavy atom. The van der Waals surface area contributed by atoms with Crippen LogP contribution < -0.4 is 0 Å². The molecule has 0 spiro atoms. The Balaban J connectivity index is 2.54. The number of nitrogens with zero attached hydrogens (tertiary/aromatic N) is 5. The second-order valence-electron chi connectivity index (χ2n) is 2.58. The first-order chi connectivity index (χ1) is 6.68. The van der Waals surface area contributed by atoms with E-state index in [9.17, 15) is 0 Å². The summed E-state index contributed by atoms with van der Waals surface area (Å²) in [6, 6.07) is 0. The molecule has 0 bridgehead atoms. The van der Waals surface area contributed by atoms with Crippen LogP contribution in [0.15, 0.2) is 17.0 Å². The summed E-state index contributed by atoms with van der Waals surface area (Å²) >= 11 is 8.91. The van der Waals surface area contributed by atoms with Gasteiger partial charge >= 0.3 is 0 Å². The molecule has 0 N–H and O–H groups in total. The Bertz CT molecular complexity index is 432. The van der Waals surface area contributed by atoms with E-state index in [-0.39, 0.29) is 0 Å². The van der Waals surface area contributed by atoms with Crippen molar-refractivity contribution in [2.75, 3.05) is 0 Å². The zero-order valence-electron chi connectivity index (χ0n) is 7.15. The highest BCUT2D eigenvalue weighted by Crippen LogP contribution is 2.23. The molecule has 2 rings (SSSR count). The molecular formula is C7H5BrClN5. The van der Waals surface area contributed by atoms with Gasteiger partial charge in [-0.2, -0.15) is 0 Å². The summed E-state index contributed by atoms with van der Waals surface area (Å²) < 4.78 is 2.25. The van der Waals surface area contributed by atoms with E-state index in [2.05, 4.69) is 36.2 Å². The van der Waals surface area contributed by atoms with Gasteiger partial charge in [-0.05, 0) is 15.9 Å². The molecule has 2 aromatic heterocycles. The van der Waals surface area contributed by atoms with Crippen molar-refractivity contribution in [3.63, 3.8) is 0 Å². The van der Waals surface area contributed by atoms with Crippen LogP contribution in [-0.4, -0.2) is 25.0 Å². The van der Waals surface area contributed by atoms with Crippen molar-refractivity contribution in [2.24, 2.45) is 7.05 Å². The predicted octanol–water partition coefficient (Wildman–Crippen LogP) is 1.69. The van der Waals surface area contributed by atoms with Crippen molar-refractivity contribution >= 4 is 27.5 Å². The first kappa shape index (κ1) is 9.54. The van der Waals surface area contributed by atoms with E-state index in [1.807, 2.05) is 0 Å². The lowest BCUT2D eigenvalue weighted by atomic mass is 10.3. The molecule has 0 amide bonds. The fourth-order valence-corrected chi connectivity index (χ4v) is 1.67. The Kier molecular flexibility index (Phi) is 2.47. The standard InChI is InChI=1S/C7H5BrClN5/c1-14-6(7(8)12-13-14)4-2-11-5(9)3-10-4/h2-3H,1H3. The third-order valence-electron chi connectivity index (χ3n) is 1.65. The average molecular weight is 275 g/mol. The van der Waals surface area contributed by atoms with Gasteiger partial charge in [0.1, 0.15) is 16.5 Å². The summed E-state index contributed by atoms with van der Waals surface area (Å²) in [5, 5.41) is 8.04. The monoisotopic (exact) mass is 273 g/mol. The quantitative estimate of drug-likeness (QED) is 0.794. The smallest absolute Gasteiger partial charge is 0.157 e. The van der Waals surface area contributed by atoms with Crippen molar-refractivity contribution in [3.05, 3.63) is 22.1 Å². The molecule has 0 aliphatic carbocycles. The van der Waals surface area contributed by atoms with E-state index in [0.29, 0.717) is 15.5 Å². The lowest BCUT2D eigenvalue weighted by molar-refractivity contribution is 0.718. The summed E-state index contributed by atoms with van der Waals surface area (Å²) in [5.41, 5.74) is 1.45. The fraction of sp³-hybridized carbons (Fsp3) is 0.143. The molecule has 7 heteroatoms. The SMILES string of the molecule is Cn1nnc(Br)c1-c1cnc(Cl)cn1. The van der Waals surface area contributed by atoms with Gasteiger partial charge in [0.25, 0.3) is 0 Å². The summed E-state index contributed by atoms with van der Waals surface area (Å²) in [6.07, 6.45) is 3.06. The maximum absolute atomic E-state index is 5.63. The molecule has 0 fully saturated rings. The second kappa shape index (κ2) is 3.62. The molecule has 0 aliphatic rings. The van der Waals surface area contributed by atoms with Crippen LogP contribution >= 0.6 is 27.5 Å². The molecule has 0 aliphatic heterocycles. The molecule has 5 nitrogen and oxygen atoms in total. The van der Waals surface area contributed by atoms with Gasteiger partial charge in [0, 0.05) is 7.05 Å². The minimum Gasteiger partial charge on any atom is -0.250 e. The molecule has 0 atom stereocenters. The van der Waals surface area contributed by atoms with Crippen LogP contribution in [0.4, 0.5) is 0 Å². The molecule has 2 aromatic rings. The van der Waals surface area contributed by atoms with Gasteiger partial charge in [-0.3, -0.25) is 0 Å². The van der Waals surface area contributed by atoms with Gasteiger partial charge in [-0.15, -0.1) is 5.10 Å². The summed E-state index contributed by atoms with van der Waals surface area (Å²) in [4.78, 5) is 8.05. The fourth-order valence-electron chi connectivity index (χ4n) is 1.04. The Labute approximate surface area is 93.3 Å². The minimum absolute atomic E-state index is 0.361. The predicted molar refractivity (Wildman–Crippen MR) is 54.7 cm³/mol. The number of hydrogen-bond acceptors (Lipinski definition) is 4.